The number of carbonyl (C=O) groups excluding carboxylic acids is 2. The molecule has 0 aliphatic rings. The van der Waals surface area contributed by atoms with E-state index in [9.17, 15) is 9.59 Å². The van der Waals surface area contributed by atoms with Gasteiger partial charge in [0.15, 0.2) is 6.61 Å². The molecular formula is C21H24N2O5. The highest BCUT2D eigenvalue weighted by atomic mass is 16.5. The van der Waals surface area contributed by atoms with Crippen molar-refractivity contribution in [1.82, 2.24) is 10.3 Å². The van der Waals surface area contributed by atoms with Crippen molar-refractivity contribution in [3.8, 4) is 5.75 Å². The average molecular weight is 384 g/mol. The molecule has 0 aliphatic heterocycles. The number of pyridine rings is 1. The summed E-state index contributed by atoms with van der Waals surface area (Å²) in [6.07, 6.45) is 4.60. The van der Waals surface area contributed by atoms with Crippen LogP contribution in [0.5, 0.6) is 5.75 Å². The normalized spacial score (nSPS) is 11.8. The number of amides is 1. The predicted molar refractivity (Wildman–Crippen MR) is 104 cm³/mol. The lowest BCUT2D eigenvalue weighted by Crippen LogP contribution is -2.38. The maximum absolute atomic E-state index is 11.7. The van der Waals surface area contributed by atoms with Crippen LogP contribution < -0.4 is 10.1 Å². The zero-order valence-electron chi connectivity index (χ0n) is 16.0. The van der Waals surface area contributed by atoms with Crippen LogP contribution in [0.4, 0.5) is 0 Å². The summed E-state index contributed by atoms with van der Waals surface area (Å²) in [6.45, 7) is 2.24. The van der Waals surface area contributed by atoms with Crippen LogP contribution in [0.25, 0.3) is 6.08 Å². The molecule has 1 N–H and O–H groups in total. The number of nitrogens with one attached hydrogen (secondary N) is 1. The summed E-state index contributed by atoms with van der Waals surface area (Å²) in [4.78, 5) is 27.5. The van der Waals surface area contributed by atoms with E-state index >= 15 is 0 Å². The van der Waals surface area contributed by atoms with E-state index in [1.165, 1.54) is 6.08 Å². The number of esters is 1. The fourth-order valence-electron chi connectivity index (χ4n) is 2.27. The molecule has 148 valence electrons. The molecule has 0 saturated carbocycles. The smallest absolute Gasteiger partial charge is 0.331 e. The molecule has 7 nitrogen and oxygen atoms in total. The van der Waals surface area contributed by atoms with E-state index in [-0.39, 0.29) is 18.6 Å². The van der Waals surface area contributed by atoms with Crippen LogP contribution in [-0.2, 0) is 25.7 Å². The van der Waals surface area contributed by atoms with Crippen LogP contribution in [-0.4, -0.2) is 43.2 Å². The second-order valence-corrected chi connectivity index (χ2v) is 6.04. The van der Waals surface area contributed by atoms with Gasteiger partial charge in [-0.3, -0.25) is 9.78 Å². The van der Waals surface area contributed by atoms with Gasteiger partial charge in [-0.15, -0.1) is 0 Å². The molecule has 0 radical (unpaired) electrons. The molecule has 0 saturated heterocycles. The molecular weight excluding hydrogens is 360 g/mol. The van der Waals surface area contributed by atoms with Crippen LogP contribution in [0.15, 0.2) is 54.7 Å². The van der Waals surface area contributed by atoms with E-state index in [4.69, 9.17) is 14.2 Å². The first-order chi connectivity index (χ1) is 13.6. The maximum Gasteiger partial charge on any atom is 0.331 e. The molecule has 2 aromatic rings. The number of rotatable bonds is 10. The van der Waals surface area contributed by atoms with Gasteiger partial charge in [-0.1, -0.05) is 18.2 Å². The second-order valence-electron chi connectivity index (χ2n) is 6.04. The van der Waals surface area contributed by atoms with Gasteiger partial charge in [0.1, 0.15) is 12.4 Å². The molecule has 0 spiro atoms. The van der Waals surface area contributed by atoms with Crippen molar-refractivity contribution in [2.45, 2.75) is 19.6 Å². The SMILES string of the molecule is COCC(C)NC(=O)COC(=O)/C=C/c1ccc(OCc2ccccn2)cc1. The number of aromatic nitrogens is 1. The lowest BCUT2D eigenvalue weighted by atomic mass is 10.2. The Balaban J connectivity index is 1.74. The zero-order chi connectivity index (χ0) is 20.2. The summed E-state index contributed by atoms with van der Waals surface area (Å²) in [7, 11) is 1.55. The number of ether oxygens (including phenoxy) is 3. The van der Waals surface area contributed by atoms with Gasteiger partial charge in [0.2, 0.25) is 0 Å². The summed E-state index contributed by atoms with van der Waals surface area (Å²) in [5, 5.41) is 2.66. The van der Waals surface area contributed by atoms with Gasteiger partial charge in [-0.05, 0) is 42.8 Å². The Hall–Kier alpha value is -3.19. The van der Waals surface area contributed by atoms with Gasteiger partial charge in [0.25, 0.3) is 5.91 Å². The lowest BCUT2D eigenvalue weighted by Gasteiger charge is -2.12. The van der Waals surface area contributed by atoms with Crippen molar-refractivity contribution in [3.63, 3.8) is 0 Å². The summed E-state index contributed by atoms with van der Waals surface area (Å²) in [5.41, 5.74) is 1.65. The number of carbonyl (C=O) groups is 2. The van der Waals surface area contributed by atoms with Crippen molar-refractivity contribution in [3.05, 3.63) is 66.0 Å². The van der Waals surface area contributed by atoms with Crippen molar-refractivity contribution >= 4 is 18.0 Å². The maximum atomic E-state index is 11.7. The highest BCUT2D eigenvalue weighted by Crippen LogP contribution is 2.14. The molecule has 1 aromatic carbocycles. The van der Waals surface area contributed by atoms with Crippen LogP contribution in [0.2, 0.25) is 0 Å². The summed E-state index contributed by atoms with van der Waals surface area (Å²) >= 11 is 0. The van der Waals surface area contributed by atoms with Crippen LogP contribution in [0.1, 0.15) is 18.2 Å². The molecule has 1 atom stereocenters. The fourth-order valence-corrected chi connectivity index (χ4v) is 2.27. The van der Waals surface area contributed by atoms with Gasteiger partial charge >= 0.3 is 5.97 Å². The molecule has 1 aromatic heterocycles. The van der Waals surface area contributed by atoms with Crippen LogP contribution >= 0.6 is 0 Å². The highest BCUT2D eigenvalue weighted by molar-refractivity contribution is 5.89. The van der Waals surface area contributed by atoms with Gasteiger partial charge in [-0.25, -0.2) is 4.79 Å². The van der Waals surface area contributed by atoms with E-state index < -0.39 is 5.97 Å². The van der Waals surface area contributed by atoms with E-state index in [0.717, 1.165) is 11.3 Å². The molecule has 1 amide bonds. The minimum atomic E-state index is -0.593. The Bertz CT molecular complexity index is 775. The summed E-state index contributed by atoms with van der Waals surface area (Å²) in [6, 6.07) is 12.7. The van der Waals surface area contributed by atoms with E-state index in [2.05, 4.69) is 10.3 Å². The minimum Gasteiger partial charge on any atom is -0.487 e. The Kier molecular flexibility index (Phi) is 8.68. The largest absolute Gasteiger partial charge is 0.487 e. The number of benzene rings is 1. The van der Waals surface area contributed by atoms with Crippen LogP contribution in [0, 0.1) is 0 Å². The molecule has 0 bridgehead atoms. The zero-order valence-corrected chi connectivity index (χ0v) is 16.0. The molecule has 0 fully saturated rings. The summed E-state index contributed by atoms with van der Waals surface area (Å²) in [5.74, 6) is -0.266. The van der Waals surface area contributed by atoms with Crippen molar-refractivity contribution in [1.29, 1.82) is 0 Å². The second kappa shape index (κ2) is 11.5. The molecule has 28 heavy (non-hydrogen) atoms. The number of nitrogens with zero attached hydrogens (tertiary/aromatic N) is 1. The number of hydrogen-bond donors (Lipinski definition) is 1. The van der Waals surface area contributed by atoms with Gasteiger partial charge < -0.3 is 19.5 Å². The third-order valence-electron chi connectivity index (χ3n) is 3.57. The Morgan fingerprint density at radius 3 is 2.64 bits per heavy atom. The Morgan fingerprint density at radius 1 is 1.18 bits per heavy atom. The third kappa shape index (κ3) is 8.01. The Labute approximate surface area is 164 Å². The quantitative estimate of drug-likeness (QED) is 0.500. The average Bonchev–Trinajstić information content (AvgIpc) is 2.71. The standard InChI is InChI=1S/C21H24N2O5/c1-16(13-26-2)23-20(24)15-28-21(25)11-8-17-6-9-19(10-7-17)27-14-18-5-3-4-12-22-18/h3-12,16H,13-15H2,1-2H3,(H,23,24)/b11-8+. The third-order valence-corrected chi connectivity index (χ3v) is 3.57. The van der Waals surface area contributed by atoms with Crippen LogP contribution in [0.3, 0.4) is 0 Å². The number of methoxy groups -OCH3 is 1. The molecule has 1 unspecified atom stereocenters. The first-order valence-electron chi connectivity index (χ1n) is 8.82. The molecule has 2 rings (SSSR count). The highest BCUT2D eigenvalue weighted by Gasteiger charge is 2.08. The van der Waals surface area contributed by atoms with E-state index in [0.29, 0.717) is 19.0 Å². The molecule has 0 aliphatic carbocycles. The van der Waals surface area contributed by atoms with Crippen molar-refractivity contribution in [2.75, 3.05) is 20.3 Å². The number of hydrogen-bond acceptors (Lipinski definition) is 6. The predicted octanol–water partition coefficient (Wildman–Crippen LogP) is 2.37. The van der Waals surface area contributed by atoms with E-state index in [1.807, 2.05) is 30.3 Å². The first-order valence-corrected chi connectivity index (χ1v) is 8.82. The molecule has 7 heteroatoms. The minimum absolute atomic E-state index is 0.148. The molecule has 1 heterocycles. The Morgan fingerprint density at radius 2 is 1.96 bits per heavy atom. The van der Waals surface area contributed by atoms with Gasteiger partial charge in [-0.2, -0.15) is 0 Å². The first kappa shape index (κ1) is 21.1. The van der Waals surface area contributed by atoms with E-state index in [1.54, 1.807) is 38.4 Å². The van der Waals surface area contributed by atoms with Crippen molar-refractivity contribution in [2.24, 2.45) is 0 Å². The van der Waals surface area contributed by atoms with Gasteiger partial charge in [0.05, 0.1) is 12.3 Å². The monoisotopic (exact) mass is 384 g/mol. The summed E-state index contributed by atoms with van der Waals surface area (Å²) < 4.78 is 15.5. The van der Waals surface area contributed by atoms with Crippen molar-refractivity contribution < 1.29 is 23.8 Å². The topological polar surface area (TPSA) is 86.8 Å². The fraction of sp³-hybridized carbons (Fsp3) is 0.286. The van der Waals surface area contributed by atoms with Gasteiger partial charge in [0, 0.05) is 25.4 Å². The lowest BCUT2D eigenvalue weighted by molar-refractivity contribution is -0.144.